The molecule has 2 N–H and O–H groups in total. The second kappa shape index (κ2) is 5.93. The molecule has 1 heterocycles. The quantitative estimate of drug-likeness (QED) is 0.808. The van der Waals surface area contributed by atoms with Crippen molar-refractivity contribution in [3.05, 3.63) is 10.6 Å². The van der Waals surface area contributed by atoms with E-state index in [0.29, 0.717) is 18.2 Å². The third kappa shape index (κ3) is 3.75. The lowest BCUT2D eigenvalue weighted by Crippen LogP contribution is -2.49. The highest BCUT2D eigenvalue weighted by molar-refractivity contribution is 6.36. The zero-order valence-corrected chi connectivity index (χ0v) is 9.76. The minimum absolute atomic E-state index is 0.0524. The van der Waals surface area contributed by atoms with Crippen LogP contribution in [0.4, 0.5) is 0 Å². The Kier molecular flexibility index (Phi) is 5.20. The molecule has 0 radical (unpaired) electrons. The van der Waals surface area contributed by atoms with Crippen molar-refractivity contribution in [3.63, 3.8) is 0 Å². The Bertz CT molecular complexity index is 209. The lowest BCUT2D eigenvalue weighted by atomic mass is 10.1. The fourth-order valence-electron chi connectivity index (χ4n) is 1.44. The summed E-state index contributed by atoms with van der Waals surface area (Å²) < 4.78 is 5.52. The van der Waals surface area contributed by atoms with Crippen molar-refractivity contribution >= 4 is 23.2 Å². The summed E-state index contributed by atoms with van der Waals surface area (Å²) in [5.74, 6) is 0. The highest BCUT2D eigenvalue weighted by atomic mass is 35.5. The monoisotopic (exact) mass is 238 g/mol. The predicted molar refractivity (Wildman–Crippen MR) is 59.6 cm³/mol. The SMILES string of the molecule is CC(N)C1CN(C/C(Cl)=C/Cl)CCO1. The highest BCUT2D eigenvalue weighted by Crippen LogP contribution is 2.12. The van der Waals surface area contributed by atoms with Crippen LogP contribution in [0.25, 0.3) is 0 Å². The molecule has 0 amide bonds. The van der Waals surface area contributed by atoms with E-state index in [4.69, 9.17) is 33.7 Å². The van der Waals surface area contributed by atoms with Gasteiger partial charge in [-0.05, 0) is 6.92 Å². The molecule has 0 aromatic carbocycles. The number of halogens is 2. The maximum atomic E-state index is 5.84. The van der Waals surface area contributed by atoms with Crippen LogP contribution in [-0.2, 0) is 4.74 Å². The van der Waals surface area contributed by atoms with Gasteiger partial charge >= 0.3 is 0 Å². The van der Waals surface area contributed by atoms with E-state index in [-0.39, 0.29) is 12.1 Å². The Morgan fingerprint density at radius 1 is 1.79 bits per heavy atom. The summed E-state index contributed by atoms with van der Waals surface area (Å²) in [5.41, 5.74) is 7.17. The number of rotatable bonds is 3. The number of hydrogen-bond donors (Lipinski definition) is 1. The van der Waals surface area contributed by atoms with Crippen LogP contribution >= 0.6 is 23.2 Å². The molecule has 1 saturated heterocycles. The Hall–Kier alpha value is 0.200. The van der Waals surface area contributed by atoms with E-state index in [1.54, 1.807) is 0 Å². The van der Waals surface area contributed by atoms with Crippen LogP contribution < -0.4 is 5.73 Å². The minimum Gasteiger partial charge on any atom is -0.374 e. The predicted octanol–water partition coefficient (Wildman–Crippen LogP) is 1.35. The van der Waals surface area contributed by atoms with Gasteiger partial charge in [0.15, 0.2) is 0 Å². The number of nitrogens with zero attached hydrogens (tertiary/aromatic N) is 1. The maximum Gasteiger partial charge on any atom is 0.0850 e. The molecule has 1 fully saturated rings. The van der Waals surface area contributed by atoms with Crippen LogP contribution in [0.5, 0.6) is 0 Å². The Morgan fingerprint density at radius 2 is 2.50 bits per heavy atom. The Balaban J connectivity index is 2.40. The van der Waals surface area contributed by atoms with Gasteiger partial charge in [0.1, 0.15) is 0 Å². The average Bonchev–Trinajstić information content (AvgIpc) is 2.18. The average molecular weight is 239 g/mol. The first-order valence-electron chi connectivity index (χ1n) is 4.67. The molecule has 5 heteroatoms. The number of hydrogen-bond acceptors (Lipinski definition) is 3. The lowest BCUT2D eigenvalue weighted by Gasteiger charge is -2.34. The van der Waals surface area contributed by atoms with Crippen molar-refractivity contribution in [1.82, 2.24) is 4.90 Å². The van der Waals surface area contributed by atoms with Crippen LogP contribution in [0.3, 0.4) is 0 Å². The maximum absolute atomic E-state index is 5.84. The molecule has 1 rings (SSSR count). The standard InChI is InChI=1S/C9H16Cl2N2O/c1-7(12)9-6-13(2-3-14-9)5-8(11)4-10/h4,7,9H,2-3,5-6,12H2,1H3/b8-4-. The Labute approximate surface area is 94.8 Å². The van der Waals surface area contributed by atoms with Gasteiger partial charge in [0.05, 0.1) is 12.7 Å². The van der Waals surface area contributed by atoms with Crippen LogP contribution in [0.15, 0.2) is 10.6 Å². The molecule has 0 saturated carbocycles. The third-order valence-corrected chi connectivity index (χ3v) is 2.86. The smallest absolute Gasteiger partial charge is 0.0850 e. The summed E-state index contributed by atoms with van der Waals surface area (Å²) in [4.78, 5) is 2.19. The normalized spacial score (nSPS) is 27.7. The van der Waals surface area contributed by atoms with E-state index in [0.717, 1.165) is 13.1 Å². The van der Waals surface area contributed by atoms with Gasteiger partial charge in [-0.2, -0.15) is 0 Å². The van der Waals surface area contributed by atoms with Gasteiger partial charge in [0, 0.05) is 36.2 Å². The molecule has 0 spiro atoms. The van der Waals surface area contributed by atoms with Crippen molar-refractivity contribution in [2.45, 2.75) is 19.1 Å². The summed E-state index contributed by atoms with van der Waals surface area (Å²) in [6, 6.07) is 0.0524. The summed E-state index contributed by atoms with van der Waals surface area (Å²) in [5, 5.41) is 0.650. The fraction of sp³-hybridized carbons (Fsp3) is 0.778. The van der Waals surface area contributed by atoms with Gasteiger partial charge in [0.25, 0.3) is 0 Å². The van der Waals surface area contributed by atoms with E-state index in [9.17, 15) is 0 Å². The molecule has 2 atom stereocenters. The highest BCUT2D eigenvalue weighted by Gasteiger charge is 2.23. The van der Waals surface area contributed by atoms with Gasteiger partial charge in [-0.3, -0.25) is 4.90 Å². The van der Waals surface area contributed by atoms with Crippen molar-refractivity contribution in [2.24, 2.45) is 5.73 Å². The number of nitrogens with two attached hydrogens (primary N) is 1. The molecule has 2 unspecified atom stereocenters. The fourth-order valence-corrected chi connectivity index (χ4v) is 1.68. The van der Waals surface area contributed by atoms with Gasteiger partial charge in [-0.15, -0.1) is 0 Å². The first-order chi connectivity index (χ1) is 6.63. The van der Waals surface area contributed by atoms with Crippen molar-refractivity contribution < 1.29 is 4.74 Å². The van der Waals surface area contributed by atoms with Gasteiger partial charge in [-0.1, -0.05) is 23.2 Å². The van der Waals surface area contributed by atoms with Crippen molar-refractivity contribution in [1.29, 1.82) is 0 Å². The third-order valence-electron chi connectivity index (χ3n) is 2.26. The Morgan fingerprint density at radius 3 is 3.07 bits per heavy atom. The van der Waals surface area contributed by atoms with Crippen molar-refractivity contribution in [2.75, 3.05) is 26.2 Å². The second-order valence-corrected chi connectivity index (χ2v) is 4.26. The van der Waals surface area contributed by atoms with E-state index in [1.165, 1.54) is 5.54 Å². The van der Waals surface area contributed by atoms with E-state index < -0.39 is 0 Å². The van der Waals surface area contributed by atoms with E-state index >= 15 is 0 Å². The first-order valence-corrected chi connectivity index (χ1v) is 5.49. The molecule has 1 aliphatic heterocycles. The molecule has 0 bridgehead atoms. The molecule has 14 heavy (non-hydrogen) atoms. The molecular weight excluding hydrogens is 223 g/mol. The van der Waals surface area contributed by atoms with Gasteiger partial charge in [-0.25, -0.2) is 0 Å². The van der Waals surface area contributed by atoms with Crippen molar-refractivity contribution in [3.8, 4) is 0 Å². The van der Waals surface area contributed by atoms with E-state index in [1.807, 2.05) is 6.92 Å². The summed E-state index contributed by atoms with van der Waals surface area (Å²) in [7, 11) is 0. The minimum atomic E-state index is 0.0524. The zero-order valence-electron chi connectivity index (χ0n) is 8.25. The largest absolute Gasteiger partial charge is 0.374 e. The van der Waals surface area contributed by atoms with Gasteiger partial charge < -0.3 is 10.5 Å². The molecule has 0 aromatic rings. The summed E-state index contributed by atoms with van der Waals surface area (Å²) >= 11 is 11.3. The second-order valence-electron chi connectivity index (χ2n) is 3.56. The summed E-state index contributed by atoms with van der Waals surface area (Å²) in [6.45, 7) is 5.03. The summed E-state index contributed by atoms with van der Waals surface area (Å²) in [6.07, 6.45) is 0.101. The molecule has 0 aromatic heterocycles. The topological polar surface area (TPSA) is 38.5 Å². The van der Waals surface area contributed by atoms with Crippen LogP contribution in [-0.4, -0.2) is 43.3 Å². The first kappa shape index (κ1) is 12.3. The molecule has 3 nitrogen and oxygen atoms in total. The number of ether oxygens (including phenoxy) is 1. The van der Waals surface area contributed by atoms with Crippen LogP contribution in [0.2, 0.25) is 0 Å². The molecule has 1 aliphatic rings. The molecule has 82 valence electrons. The molecule has 0 aliphatic carbocycles. The van der Waals surface area contributed by atoms with E-state index in [2.05, 4.69) is 4.90 Å². The lowest BCUT2D eigenvalue weighted by molar-refractivity contribution is -0.0342. The van der Waals surface area contributed by atoms with Crippen LogP contribution in [0, 0.1) is 0 Å². The van der Waals surface area contributed by atoms with Gasteiger partial charge in [0.2, 0.25) is 0 Å². The molecular formula is C9H16Cl2N2O. The number of morpholine rings is 1. The van der Waals surface area contributed by atoms with Crippen LogP contribution in [0.1, 0.15) is 6.92 Å². The zero-order chi connectivity index (χ0) is 10.6.